The highest BCUT2D eigenvalue weighted by Gasteiger charge is 2.35. The van der Waals surface area contributed by atoms with Crippen LogP contribution in [0, 0.1) is 11.8 Å². The molecule has 1 rings (SSSR count). The lowest BCUT2D eigenvalue weighted by Gasteiger charge is -2.22. The molecule has 0 saturated carbocycles. The molecule has 1 aliphatic heterocycles. The van der Waals surface area contributed by atoms with Crippen LogP contribution in [-0.2, 0) is 4.79 Å². The van der Waals surface area contributed by atoms with Crippen LogP contribution in [0.4, 0.5) is 0 Å². The fourth-order valence-electron chi connectivity index (χ4n) is 1.94. The van der Waals surface area contributed by atoms with E-state index in [4.69, 9.17) is 5.11 Å². The predicted octanol–water partition coefficient (Wildman–Crippen LogP) is 1.44. The Morgan fingerprint density at radius 2 is 2.23 bits per heavy atom. The number of carboxylic acid groups (broad SMARTS) is 1. The molecular formula is C10H19NO2. The molecule has 3 nitrogen and oxygen atoms in total. The minimum atomic E-state index is -0.640. The molecule has 1 heterocycles. The van der Waals surface area contributed by atoms with E-state index < -0.39 is 5.97 Å². The van der Waals surface area contributed by atoms with Gasteiger partial charge in [-0.05, 0) is 19.3 Å². The van der Waals surface area contributed by atoms with Crippen molar-refractivity contribution in [2.45, 2.75) is 33.2 Å². The molecule has 3 heteroatoms. The lowest BCUT2D eigenvalue weighted by atomic mass is 9.99. The second kappa shape index (κ2) is 4.09. The summed E-state index contributed by atoms with van der Waals surface area (Å²) in [5.41, 5.74) is 0. The molecule has 1 saturated heterocycles. The first-order chi connectivity index (χ1) is 6.06. The number of carboxylic acids is 1. The Morgan fingerprint density at radius 1 is 1.62 bits per heavy atom. The Bertz CT molecular complexity index is 193. The molecule has 76 valence electrons. The van der Waals surface area contributed by atoms with E-state index in [9.17, 15) is 4.79 Å². The van der Waals surface area contributed by atoms with E-state index in [1.165, 1.54) is 0 Å². The zero-order valence-corrected chi connectivity index (χ0v) is 8.66. The van der Waals surface area contributed by atoms with Crippen molar-refractivity contribution in [3.8, 4) is 0 Å². The summed E-state index contributed by atoms with van der Waals surface area (Å²) in [7, 11) is 0. The van der Waals surface area contributed by atoms with Crippen molar-refractivity contribution < 1.29 is 9.90 Å². The third-order valence-electron chi connectivity index (χ3n) is 3.17. The zero-order chi connectivity index (χ0) is 10.0. The first kappa shape index (κ1) is 10.5. The van der Waals surface area contributed by atoms with E-state index in [-0.39, 0.29) is 5.92 Å². The molecule has 0 spiro atoms. The Labute approximate surface area is 79.7 Å². The smallest absolute Gasteiger partial charge is 0.308 e. The summed E-state index contributed by atoms with van der Waals surface area (Å²) < 4.78 is 0. The summed E-state index contributed by atoms with van der Waals surface area (Å²) in [6, 6.07) is 0.520. The third kappa shape index (κ3) is 2.21. The van der Waals surface area contributed by atoms with E-state index in [0.29, 0.717) is 12.0 Å². The van der Waals surface area contributed by atoms with Crippen LogP contribution in [0.1, 0.15) is 27.2 Å². The average molecular weight is 185 g/mol. The van der Waals surface area contributed by atoms with Crippen LogP contribution in [0.2, 0.25) is 0 Å². The van der Waals surface area contributed by atoms with E-state index >= 15 is 0 Å². The SMILES string of the molecule is CCC(C)N1CC(C)C(C(=O)O)C1. The molecule has 0 bridgehead atoms. The second-order valence-corrected chi connectivity index (χ2v) is 4.13. The van der Waals surface area contributed by atoms with Gasteiger partial charge in [0.15, 0.2) is 0 Å². The molecule has 13 heavy (non-hydrogen) atoms. The number of likely N-dealkylation sites (tertiary alicyclic amines) is 1. The summed E-state index contributed by atoms with van der Waals surface area (Å²) >= 11 is 0. The third-order valence-corrected chi connectivity index (χ3v) is 3.17. The van der Waals surface area contributed by atoms with Gasteiger partial charge in [-0.15, -0.1) is 0 Å². The van der Waals surface area contributed by atoms with Gasteiger partial charge < -0.3 is 5.11 Å². The number of nitrogens with zero attached hydrogens (tertiary/aromatic N) is 1. The average Bonchev–Trinajstić information content (AvgIpc) is 2.46. The largest absolute Gasteiger partial charge is 0.481 e. The van der Waals surface area contributed by atoms with Crippen molar-refractivity contribution in [1.82, 2.24) is 4.90 Å². The van der Waals surface area contributed by atoms with Gasteiger partial charge in [0.2, 0.25) is 0 Å². The molecular weight excluding hydrogens is 166 g/mol. The van der Waals surface area contributed by atoms with Crippen LogP contribution in [0.3, 0.4) is 0 Å². The molecule has 0 amide bonds. The molecule has 3 atom stereocenters. The van der Waals surface area contributed by atoms with Gasteiger partial charge in [0.05, 0.1) is 5.92 Å². The standard InChI is InChI=1S/C10H19NO2/c1-4-8(3)11-5-7(2)9(6-11)10(12)13/h7-9H,4-6H2,1-3H3,(H,12,13). The highest BCUT2D eigenvalue weighted by atomic mass is 16.4. The molecule has 3 unspecified atom stereocenters. The molecule has 1 fully saturated rings. The first-order valence-electron chi connectivity index (χ1n) is 5.03. The fraction of sp³-hybridized carbons (Fsp3) is 0.900. The van der Waals surface area contributed by atoms with Crippen molar-refractivity contribution in [2.24, 2.45) is 11.8 Å². The summed E-state index contributed by atoms with van der Waals surface area (Å²) in [4.78, 5) is 13.1. The Hall–Kier alpha value is -0.570. The normalized spacial score (nSPS) is 31.9. The van der Waals surface area contributed by atoms with Gasteiger partial charge >= 0.3 is 5.97 Å². The van der Waals surface area contributed by atoms with Crippen molar-refractivity contribution in [2.75, 3.05) is 13.1 Å². The van der Waals surface area contributed by atoms with Gasteiger partial charge in [0.25, 0.3) is 0 Å². The van der Waals surface area contributed by atoms with Crippen LogP contribution in [-0.4, -0.2) is 35.1 Å². The second-order valence-electron chi connectivity index (χ2n) is 4.13. The summed E-state index contributed by atoms with van der Waals surface area (Å²) in [6.45, 7) is 8.00. The monoisotopic (exact) mass is 185 g/mol. The minimum Gasteiger partial charge on any atom is -0.481 e. The van der Waals surface area contributed by atoms with Crippen LogP contribution < -0.4 is 0 Å². The van der Waals surface area contributed by atoms with Gasteiger partial charge in [-0.1, -0.05) is 13.8 Å². The van der Waals surface area contributed by atoms with Crippen LogP contribution in [0.15, 0.2) is 0 Å². The predicted molar refractivity (Wildman–Crippen MR) is 51.6 cm³/mol. The topological polar surface area (TPSA) is 40.5 Å². The molecule has 0 aromatic heterocycles. The Kier molecular flexibility index (Phi) is 3.31. The first-order valence-corrected chi connectivity index (χ1v) is 5.03. The van der Waals surface area contributed by atoms with Crippen molar-refractivity contribution in [3.63, 3.8) is 0 Å². The number of hydrogen-bond acceptors (Lipinski definition) is 2. The number of carbonyl (C=O) groups is 1. The quantitative estimate of drug-likeness (QED) is 0.723. The summed E-state index contributed by atoms with van der Waals surface area (Å²) in [5.74, 6) is -0.501. The number of rotatable bonds is 3. The highest BCUT2D eigenvalue weighted by Crippen LogP contribution is 2.25. The highest BCUT2D eigenvalue weighted by molar-refractivity contribution is 5.71. The van der Waals surface area contributed by atoms with Gasteiger partial charge in [-0.25, -0.2) is 0 Å². The molecule has 0 aromatic rings. The van der Waals surface area contributed by atoms with Crippen molar-refractivity contribution in [3.05, 3.63) is 0 Å². The van der Waals surface area contributed by atoms with Crippen molar-refractivity contribution in [1.29, 1.82) is 0 Å². The van der Waals surface area contributed by atoms with Crippen LogP contribution >= 0.6 is 0 Å². The Balaban J connectivity index is 2.54. The lowest BCUT2D eigenvalue weighted by molar-refractivity contribution is -0.142. The van der Waals surface area contributed by atoms with Crippen LogP contribution in [0.25, 0.3) is 0 Å². The maximum atomic E-state index is 10.8. The van der Waals surface area contributed by atoms with Crippen molar-refractivity contribution >= 4 is 5.97 Å². The Morgan fingerprint density at radius 3 is 2.62 bits per heavy atom. The zero-order valence-electron chi connectivity index (χ0n) is 8.66. The minimum absolute atomic E-state index is 0.158. The number of hydrogen-bond donors (Lipinski definition) is 1. The lowest BCUT2D eigenvalue weighted by Crippen LogP contribution is -2.31. The van der Waals surface area contributed by atoms with Gasteiger partial charge in [-0.2, -0.15) is 0 Å². The molecule has 1 aliphatic rings. The van der Waals surface area contributed by atoms with E-state index in [0.717, 1.165) is 19.5 Å². The maximum Gasteiger partial charge on any atom is 0.308 e. The summed E-state index contributed by atoms with van der Waals surface area (Å²) in [5, 5.41) is 8.93. The molecule has 0 radical (unpaired) electrons. The van der Waals surface area contributed by atoms with Gasteiger partial charge in [0.1, 0.15) is 0 Å². The van der Waals surface area contributed by atoms with E-state index in [1.807, 2.05) is 6.92 Å². The van der Waals surface area contributed by atoms with Gasteiger partial charge in [-0.3, -0.25) is 9.69 Å². The van der Waals surface area contributed by atoms with E-state index in [1.54, 1.807) is 0 Å². The van der Waals surface area contributed by atoms with E-state index in [2.05, 4.69) is 18.7 Å². The molecule has 0 aliphatic carbocycles. The number of aliphatic carboxylic acids is 1. The maximum absolute atomic E-state index is 10.8. The van der Waals surface area contributed by atoms with Crippen LogP contribution in [0.5, 0.6) is 0 Å². The summed E-state index contributed by atoms with van der Waals surface area (Å²) in [6.07, 6.45) is 1.10. The fourth-order valence-corrected chi connectivity index (χ4v) is 1.94. The van der Waals surface area contributed by atoms with Gasteiger partial charge in [0, 0.05) is 19.1 Å². The molecule has 1 N–H and O–H groups in total. The molecule has 0 aromatic carbocycles.